The maximum atomic E-state index is 11.5. The normalized spacial score (nSPS) is 19.5. The molecule has 0 aliphatic carbocycles. The van der Waals surface area contributed by atoms with Crippen LogP contribution in [-0.2, 0) is 16.3 Å². The lowest BCUT2D eigenvalue weighted by Gasteiger charge is -2.05. The number of thioether (sulfide) groups is 1. The number of benzene rings is 1. The Kier molecular flexibility index (Phi) is 5.45. The maximum absolute atomic E-state index is 11.5. The van der Waals surface area contributed by atoms with E-state index in [2.05, 4.69) is 10.2 Å². The predicted molar refractivity (Wildman–Crippen MR) is 92.2 cm³/mol. The molecule has 0 saturated carbocycles. The van der Waals surface area contributed by atoms with Gasteiger partial charge in [0.1, 0.15) is 5.75 Å². The molecule has 1 fully saturated rings. The Morgan fingerprint density at radius 1 is 1.38 bits per heavy atom. The number of sulfone groups is 1. The molecule has 1 saturated heterocycles. The predicted octanol–water partition coefficient (Wildman–Crippen LogP) is 2.53. The summed E-state index contributed by atoms with van der Waals surface area (Å²) in [5.74, 6) is 2.65. The highest BCUT2D eigenvalue weighted by Gasteiger charge is 2.29. The molecule has 2 heterocycles. The number of aryl methyl sites for hydroxylation is 1. The van der Waals surface area contributed by atoms with E-state index in [9.17, 15) is 8.42 Å². The van der Waals surface area contributed by atoms with Crippen LogP contribution in [-0.4, -0.2) is 42.5 Å². The monoisotopic (exact) mass is 368 g/mol. The van der Waals surface area contributed by atoms with E-state index in [0.29, 0.717) is 36.3 Å². The Morgan fingerprint density at radius 3 is 3.00 bits per heavy atom. The minimum Gasteiger partial charge on any atom is -0.493 e. The molecule has 8 heteroatoms. The fraction of sp³-hybridized carbons (Fsp3) is 0.500. The molecule has 1 aromatic heterocycles. The first-order valence-corrected chi connectivity index (χ1v) is 10.7. The van der Waals surface area contributed by atoms with Gasteiger partial charge in [0.25, 0.3) is 5.22 Å². The maximum Gasteiger partial charge on any atom is 0.276 e. The van der Waals surface area contributed by atoms with Crippen molar-refractivity contribution in [1.29, 1.82) is 0 Å². The van der Waals surface area contributed by atoms with Gasteiger partial charge in [-0.1, -0.05) is 23.9 Å². The zero-order chi connectivity index (χ0) is 17.0. The second-order valence-electron chi connectivity index (χ2n) is 5.95. The third-order valence-corrected chi connectivity index (χ3v) is 6.43. The highest BCUT2D eigenvalue weighted by molar-refractivity contribution is 7.99. The molecule has 24 heavy (non-hydrogen) atoms. The summed E-state index contributed by atoms with van der Waals surface area (Å²) in [6, 6.07) is 7.91. The van der Waals surface area contributed by atoms with Crippen LogP contribution in [0.5, 0.6) is 5.75 Å². The fourth-order valence-electron chi connectivity index (χ4n) is 2.65. The highest BCUT2D eigenvalue weighted by Crippen LogP contribution is 2.24. The van der Waals surface area contributed by atoms with Gasteiger partial charge < -0.3 is 9.15 Å². The topological polar surface area (TPSA) is 82.3 Å². The van der Waals surface area contributed by atoms with E-state index in [1.54, 1.807) is 0 Å². The number of rotatable bonds is 7. The first kappa shape index (κ1) is 17.3. The van der Waals surface area contributed by atoms with Crippen molar-refractivity contribution in [3.05, 3.63) is 35.7 Å². The van der Waals surface area contributed by atoms with Crippen molar-refractivity contribution in [3.63, 3.8) is 0 Å². The molecule has 3 rings (SSSR count). The van der Waals surface area contributed by atoms with Crippen LogP contribution >= 0.6 is 11.8 Å². The lowest BCUT2D eigenvalue weighted by Crippen LogP contribution is -2.07. The number of nitrogens with zero attached hydrogens (tertiary/aromatic N) is 2. The van der Waals surface area contributed by atoms with E-state index < -0.39 is 9.84 Å². The number of ether oxygens (including phenoxy) is 1. The number of hydrogen-bond donors (Lipinski definition) is 0. The minimum atomic E-state index is -2.87. The highest BCUT2D eigenvalue weighted by atomic mass is 32.2. The van der Waals surface area contributed by atoms with Gasteiger partial charge in [-0.3, -0.25) is 0 Å². The SMILES string of the molecule is Cc1cccc(OCCSc2nnc(C[C@H]3CCS(=O)(=O)C3)o2)c1. The van der Waals surface area contributed by atoms with Gasteiger partial charge in [0, 0.05) is 12.2 Å². The zero-order valence-corrected chi connectivity index (χ0v) is 15.1. The lowest BCUT2D eigenvalue weighted by atomic mass is 10.1. The zero-order valence-electron chi connectivity index (χ0n) is 13.5. The molecule has 0 amide bonds. The van der Waals surface area contributed by atoms with Crippen molar-refractivity contribution in [1.82, 2.24) is 10.2 Å². The van der Waals surface area contributed by atoms with Crippen LogP contribution in [0.4, 0.5) is 0 Å². The van der Waals surface area contributed by atoms with Gasteiger partial charge in [-0.2, -0.15) is 0 Å². The molecule has 1 atom stereocenters. The van der Waals surface area contributed by atoms with Crippen LogP contribution < -0.4 is 4.74 Å². The molecule has 1 aliphatic rings. The summed E-state index contributed by atoms with van der Waals surface area (Å²) in [5, 5.41) is 8.50. The smallest absolute Gasteiger partial charge is 0.276 e. The van der Waals surface area contributed by atoms with Crippen LogP contribution in [0.1, 0.15) is 17.9 Å². The molecule has 1 aliphatic heterocycles. The summed E-state index contributed by atoms with van der Waals surface area (Å²) < 4.78 is 34.2. The molecule has 2 aromatic rings. The molecular weight excluding hydrogens is 348 g/mol. The fourth-order valence-corrected chi connectivity index (χ4v) is 5.11. The second-order valence-corrected chi connectivity index (χ2v) is 9.22. The molecular formula is C16H20N2O4S2. The molecule has 130 valence electrons. The van der Waals surface area contributed by atoms with Crippen molar-refractivity contribution in [2.24, 2.45) is 5.92 Å². The van der Waals surface area contributed by atoms with E-state index >= 15 is 0 Å². The van der Waals surface area contributed by atoms with Crippen molar-refractivity contribution < 1.29 is 17.6 Å². The Labute approximate surface area is 145 Å². The number of aromatic nitrogens is 2. The Balaban J connectivity index is 1.41. The lowest BCUT2D eigenvalue weighted by molar-refractivity contribution is 0.342. The Morgan fingerprint density at radius 2 is 2.25 bits per heavy atom. The summed E-state index contributed by atoms with van der Waals surface area (Å²) in [5.41, 5.74) is 1.16. The molecule has 6 nitrogen and oxygen atoms in total. The van der Waals surface area contributed by atoms with Crippen LogP contribution in [0.25, 0.3) is 0 Å². The summed E-state index contributed by atoms with van der Waals surface area (Å²) >= 11 is 1.44. The van der Waals surface area contributed by atoms with Crippen LogP contribution in [0, 0.1) is 12.8 Å². The van der Waals surface area contributed by atoms with E-state index in [1.165, 1.54) is 11.8 Å². The van der Waals surface area contributed by atoms with Gasteiger partial charge in [0.15, 0.2) is 9.84 Å². The van der Waals surface area contributed by atoms with Gasteiger partial charge in [0.05, 0.1) is 18.1 Å². The summed E-state index contributed by atoms with van der Waals surface area (Å²) in [7, 11) is -2.87. The van der Waals surface area contributed by atoms with Crippen molar-refractivity contribution in [2.45, 2.75) is 25.0 Å². The van der Waals surface area contributed by atoms with E-state index in [1.807, 2.05) is 31.2 Å². The number of hydrogen-bond acceptors (Lipinski definition) is 7. The summed E-state index contributed by atoms with van der Waals surface area (Å²) in [6.07, 6.45) is 1.21. The summed E-state index contributed by atoms with van der Waals surface area (Å²) in [6.45, 7) is 2.57. The van der Waals surface area contributed by atoms with Gasteiger partial charge in [-0.05, 0) is 37.0 Å². The molecule has 0 unspecified atom stereocenters. The Hall–Kier alpha value is -1.54. The average Bonchev–Trinajstić information content (AvgIpc) is 3.10. The van der Waals surface area contributed by atoms with Crippen molar-refractivity contribution in [2.75, 3.05) is 23.9 Å². The van der Waals surface area contributed by atoms with Gasteiger partial charge >= 0.3 is 0 Å². The minimum absolute atomic E-state index is 0.0953. The molecule has 0 radical (unpaired) electrons. The standard InChI is InChI=1S/C16H20N2O4S2/c1-12-3-2-4-14(9-12)21-6-7-23-16-18-17-15(22-16)10-13-5-8-24(19,20)11-13/h2-4,9,13H,5-8,10-11H2,1H3/t13-/m1/s1. The first-order chi connectivity index (χ1) is 11.5. The van der Waals surface area contributed by atoms with E-state index in [0.717, 1.165) is 11.3 Å². The average molecular weight is 368 g/mol. The quantitative estimate of drug-likeness (QED) is 0.548. The third kappa shape index (κ3) is 4.98. The molecule has 1 aromatic carbocycles. The summed E-state index contributed by atoms with van der Waals surface area (Å²) in [4.78, 5) is 0. The van der Waals surface area contributed by atoms with Crippen molar-refractivity contribution in [3.8, 4) is 5.75 Å². The Bertz CT molecular complexity index is 789. The third-order valence-electron chi connectivity index (χ3n) is 3.81. The van der Waals surface area contributed by atoms with E-state index in [-0.39, 0.29) is 17.4 Å². The van der Waals surface area contributed by atoms with Crippen LogP contribution in [0.15, 0.2) is 33.9 Å². The second kappa shape index (κ2) is 7.57. The van der Waals surface area contributed by atoms with Crippen molar-refractivity contribution >= 4 is 21.6 Å². The first-order valence-electron chi connectivity index (χ1n) is 7.85. The molecule has 0 N–H and O–H groups in total. The van der Waals surface area contributed by atoms with Gasteiger partial charge in [-0.25, -0.2) is 8.42 Å². The largest absolute Gasteiger partial charge is 0.493 e. The molecule has 0 bridgehead atoms. The van der Waals surface area contributed by atoms with Crippen LogP contribution in [0.3, 0.4) is 0 Å². The van der Waals surface area contributed by atoms with Gasteiger partial charge in [-0.15, -0.1) is 10.2 Å². The van der Waals surface area contributed by atoms with Crippen LogP contribution in [0.2, 0.25) is 0 Å². The van der Waals surface area contributed by atoms with Gasteiger partial charge in [0.2, 0.25) is 5.89 Å². The molecule has 0 spiro atoms. The van der Waals surface area contributed by atoms with E-state index in [4.69, 9.17) is 9.15 Å².